The summed E-state index contributed by atoms with van der Waals surface area (Å²) >= 11 is 0. The van der Waals surface area contributed by atoms with Crippen molar-refractivity contribution in [3.63, 3.8) is 0 Å². The third-order valence-corrected chi connectivity index (χ3v) is 3.06. The van der Waals surface area contributed by atoms with E-state index in [0.717, 1.165) is 23.1 Å². The van der Waals surface area contributed by atoms with E-state index in [9.17, 15) is 9.90 Å². The number of esters is 1. The lowest BCUT2D eigenvalue weighted by Gasteiger charge is -2.07. The van der Waals surface area contributed by atoms with Gasteiger partial charge in [-0.3, -0.25) is 0 Å². The van der Waals surface area contributed by atoms with Crippen LogP contribution < -0.4 is 0 Å². The number of aliphatic hydroxyl groups is 1. The molecular formula is C16H16O3. The highest BCUT2D eigenvalue weighted by atomic mass is 16.5. The molecular weight excluding hydrogens is 240 g/mol. The molecule has 0 aliphatic heterocycles. The molecule has 0 amide bonds. The van der Waals surface area contributed by atoms with Gasteiger partial charge < -0.3 is 9.84 Å². The zero-order chi connectivity index (χ0) is 13.7. The van der Waals surface area contributed by atoms with E-state index in [2.05, 4.69) is 4.74 Å². The molecule has 98 valence electrons. The van der Waals surface area contributed by atoms with Gasteiger partial charge in [0, 0.05) is 0 Å². The second-order valence-corrected chi connectivity index (χ2v) is 4.29. The molecule has 1 N–H and O–H groups in total. The Morgan fingerprint density at radius 1 is 1.05 bits per heavy atom. The van der Waals surface area contributed by atoms with Crippen LogP contribution in [0.2, 0.25) is 0 Å². The first-order chi connectivity index (χ1) is 9.24. The topological polar surface area (TPSA) is 46.5 Å². The van der Waals surface area contributed by atoms with Gasteiger partial charge in [-0.15, -0.1) is 0 Å². The molecule has 0 aromatic heterocycles. The van der Waals surface area contributed by atoms with Crippen molar-refractivity contribution in [1.29, 1.82) is 0 Å². The molecule has 0 aliphatic carbocycles. The van der Waals surface area contributed by atoms with Crippen molar-refractivity contribution in [2.45, 2.75) is 13.0 Å². The summed E-state index contributed by atoms with van der Waals surface area (Å²) < 4.78 is 4.66. The monoisotopic (exact) mass is 256 g/mol. The van der Waals surface area contributed by atoms with Crippen LogP contribution in [-0.2, 0) is 17.8 Å². The number of rotatable bonds is 4. The summed E-state index contributed by atoms with van der Waals surface area (Å²) in [4.78, 5) is 11.3. The minimum Gasteiger partial charge on any atom is -0.465 e. The van der Waals surface area contributed by atoms with Crippen LogP contribution in [0.1, 0.15) is 27.0 Å². The third-order valence-electron chi connectivity index (χ3n) is 3.06. The Kier molecular flexibility index (Phi) is 4.31. The standard InChI is InChI=1S/C16H16O3/c1-19-16(18)13-8-6-12(7-9-13)10-14-4-2-3-5-15(14)11-17/h2-9,17H,10-11H2,1H3. The Bertz CT molecular complexity index is 558. The van der Waals surface area contributed by atoms with Crippen LogP contribution in [0.5, 0.6) is 0 Å². The number of methoxy groups -OCH3 is 1. The van der Waals surface area contributed by atoms with Crippen molar-refractivity contribution in [2.24, 2.45) is 0 Å². The third kappa shape index (κ3) is 3.20. The summed E-state index contributed by atoms with van der Waals surface area (Å²) in [6.45, 7) is 0.0381. The Morgan fingerprint density at radius 3 is 2.26 bits per heavy atom. The molecule has 3 heteroatoms. The number of carbonyl (C=O) groups is 1. The molecule has 0 fully saturated rings. The maximum atomic E-state index is 11.3. The number of carbonyl (C=O) groups excluding carboxylic acids is 1. The molecule has 0 unspecified atom stereocenters. The molecule has 2 aromatic carbocycles. The normalized spacial score (nSPS) is 10.2. The van der Waals surface area contributed by atoms with E-state index >= 15 is 0 Å². The van der Waals surface area contributed by atoms with Gasteiger partial charge in [0.1, 0.15) is 0 Å². The molecule has 0 spiro atoms. The minimum atomic E-state index is -0.331. The van der Waals surface area contributed by atoms with Gasteiger partial charge in [-0.2, -0.15) is 0 Å². The average Bonchev–Trinajstić information content (AvgIpc) is 2.48. The summed E-state index contributed by atoms with van der Waals surface area (Å²) in [5.74, 6) is -0.331. The van der Waals surface area contributed by atoms with E-state index in [0.29, 0.717) is 5.56 Å². The molecule has 2 aromatic rings. The number of hydrogen-bond donors (Lipinski definition) is 1. The quantitative estimate of drug-likeness (QED) is 0.855. The summed E-state index contributed by atoms with van der Waals surface area (Å²) in [6, 6.07) is 15.1. The lowest BCUT2D eigenvalue weighted by molar-refractivity contribution is 0.0600. The Hall–Kier alpha value is -2.13. The molecule has 19 heavy (non-hydrogen) atoms. The van der Waals surface area contributed by atoms with E-state index < -0.39 is 0 Å². The van der Waals surface area contributed by atoms with E-state index in [4.69, 9.17) is 0 Å². The zero-order valence-corrected chi connectivity index (χ0v) is 10.8. The highest BCUT2D eigenvalue weighted by molar-refractivity contribution is 5.89. The van der Waals surface area contributed by atoms with Crippen molar-refractivity contribution < 1.29 is 14.6 Å². The van der Waals surface area contributed by atoms with Gasteiger partial charge in [0.2, 0.25) is 0 Å². The van der Waals surface area contributed by atoms with Crippen LogP contribution in [0.25, 0.3) is 0 Å². The van der Waals surface area contributed by atoms with E-state index in [1.165, 1.54) is 7.11 Å². The predicted molar refractivity (Wildman–Crippen MR) is 73.0 cm³/mol. The van der Waals surface area contributed by atoms with Crippen LogP contribution in [0.4, 0.5) is 0 Å². The van der Waals surface area contributed by atoms with Crippen LogP contribution in [0, 0.1) is 0 Å². The van der Waals surface area contributed by atoms with Gasteiger partial charge in [0.25, 0.3) is 0 Å². The van der Waals surface area contributed by atoms with Crippen molar-refractivity contribution in [2.75, 3.05) is 7.11 Å². The lowest BCUT2D eigenvalue weighted by Crippen LogP contribution is -2.01. The van der Waals surface area contributed by atoms with Gasteiger partial charge in [-0.1, -0.05) is 36.4 Å². The van der Waals surface area contributed by atoms with Crippen molar-refractivity contribution in [3.8, 4) is 0 Å². The van der Waals surface area contributed by atoms with E-state index in [1.807, 2.05) is 36.4 Å². The maximum Gasteiger partial charge on any atom is 0.337 e. The van der Waals surface area contributed by atoms with Crippen molar-refractivity contribution in [1.82, 2.24) is 0 Å². The minimum absolute atomic E-state index is 0.0381. The van der Waals surface area contributed by atoms with E-state index in [-0.39, 0.29) is 12.6 Å². The molecule has 0 bridgehead atoms. The first kappa shape index (κ1) is 13.3. The van der Waals surface area contributed by atoms with Crippen LogP contribution in [0.15, 0.2) is 48.5 Å². The Labute approximate surface area is 112 Å². The fourth-order valence-electron chi connectivity index (χ4n) is 1.98. The predicted octanol–water partition coefficient (Wildman–Crippen LogP) is 2.56. The van der Waals surface area contributed by atoms with Gasteiger partial charge in [0.15, 0.2) is 0 Å². The molecule has 0 aliphatic rings. The fraction of sp³-hybridized carbons (Fsp3) is 0.188. The smallest absolute Gasteiger partial charge is 0.337 e. The van der Waals surface area contributed by atoms with E-state index in [1.54, 1.807) is 12.1 Å². The summed E-state index contributed by atoms with van der Waals surface area (Å²) in [5.41, 5.74) is 3.66. The van der Waals surface area contributed by atoms with Gasteiger partial charge in [0.05, 0.1) is 19.3 Å². The highest BCUT2D eigenvalue weighted by Crippen LogP contribution is 2.15. The van der Waals surface area contributed by atoms with Crippen molar-refractivity contribution >= 4 is 5.97 Å². The Morgan fingerprint density at radius 2 is 1.68 bits per heavy atom. The average molecular weight is 256 g/mol. The first-order valence-corrected chi connectivity index (χ1v) is 6.09. The molecule has 2 rings (SSSR count). The molecule has 0 radical (unpaired) electrons. The number of benzene rings is 2. The second kappa shape index (κ2) is 6.16. The summed E-state index contributed by atoms with van der Waals surface area (Å²) in [5, 5.41) is 9.28. The Balaban J connectivity index is 2.17. The molecule has 0 atom stereocenters. The van der Waals surface area contributed by atoms with Crippen LogP contribution >= 0.6 is 0 Å². The second-order valence-electron chi connectivity index (χ2n) is 4.29. The van der Waals surface area contributed by atoms with Gasteiger partial charge in [-0.05, 0) is 35.2 Å². The van der Waals surface area contributed by atoms with Crippen molar-refractivity contribution in [3.05, 3.63) is 70.8 Å². The molecule has 0 saturated carbocycles. The lowest BCUT2D eigenvalue weighted by atomic mass is 9.99. The molecule has 0 saturated heterocycles. The molecule has 0 heterocycles. The highest BCUT2D eigenvalue weighted by Gasteiger charge is 2.06. The maximum absolute atomic E-state index is 11.3. The summed E-state index contributed by atoms with van der Waals surface area (Å²) in [7, 11) is 1.37. The number of ether oxygens (including phenoxy) is 1. The molecule has 3 nitrogen and oxygen atoms in total. The largest absolute Gasteiger partial charge is 0.465 e. The first-order valence-electron chi connectivity index (χ1n) is 6.09. The SMILES string of the molecule is COC(=O)c1ccc(Cc2ccccc2CO)cc1. The number of aliphatic hydroxyl groups excluding tert-OH is 1. The van der Waals surface area contributed by atoms with Crippen LogP contribution in [0.3, 0.4) is 0 Å². The van der Waals surface area contributed by atoms with Crippen LogP contribution in [-0.4, -0.2) is 18.2 Å². The number of hydrogen-bond acceptors (Lipinski definition) is 3. The van der Waals surface area contributed by atoms with Gasteiger partial charge >= 0.3 is 5.97 Å². The fourth-order valence-corrected chi connectivity index (χ4v) is 1.98. The van der Waals surface area contributed by atoms with Gasteiger partial charge in [-0.25, -0.2) is 4.79 Å². The zero-order valence-electron chi connectivity index (χ0n) is 10.8. The summed E-state index contributed by atoms with van der Waals surface area (Å²) in [6.07, 6.45) is 0.734.